The van der Waals surface area contributed by atoms with Crippen LogP contribution in [0.4, 0.5) is 5.69 Å². The minimum absolute atomic E-state index is 0.0159. The first-order chi connectivity index (χ1) is 9.15. The fraction of sp³-hybridized carbons (Fsp3) is 0. The molecule has 0 unspecified atom stereocenters. The van der Waals surface area contributed by atoms with E-state index in [9.17, 15) is 14.9 Å². The van der Waals surface area contributed by atoms with Crippen molar-refractivity contribution in [2.24, 2.45) is 0 Å². The Balaban J connectivity index is 2.10. The van der Waals surface area contributed by atoms with Gasteiger partial charge >= 0.3 is 0 Å². The van der Waals surface area contributed by atoms with Gasteiger partial charge in [-0.15, -0.1) is 0 Å². The average molecular weight is 274 g/mol. The van der Waals surface area contributed by atoms with Crippen LogP contribution in [0.1, 0.15) is 5.56 Å². The maximum atomic E-state index is 11.9. The van der Waals surface area contributed by atoms with E-state index < -0.39 is 4.92 Å². The fourth-order valence-electron chi connectivity index (χ4n) is 1.62. The number of nitro groups is 1. The van der Waals surface area contributed by atoms with Crippen molar-refractivity contribution in [2.75, 3.05) is 0 Å². The maximum absolute atomic E-state index is 11.9. The summed E-state index contributed by atoms with van der Waals surface area (Å²) in [6, 6.07) is 5.97. The first kappa shape index (κ1) is 11.5. The lowest BCUT2D eigenvalue weighted by atomic mass is 10.2. The highest BCUT2D eigenvalue weighted by Crippen LogP contribution is 2.12. The predicted octanol–water partition coefficient (Wildman–Crippen LogP) is 0.607. The van der Waals surface area contributed by atoms with Crippen LogP contribution in [-0.2, 0) is 0 Å². The second-order valence-corrected chi connectivity index (χ2v) is 4.73. The highest BCUT2D eigenvalue weighted by atomic mass is 32.1. The Morgan fingerprint density at radius 1 is 1.32 bits per heavy atom. The lowest BCUT2D eigenvalue weighted by molar-refractivity contribution is -0.384. The Kier molecular flexibility index (Phi) is 2.57. The summed E-state index contributed by atoms with van der Waals surface area (Å²) in [5, 5.41) is 14.3. The van der Waals surface area contributed by atoms with Crippen molar-refractivity contribution in [3.63, 3.8) is 0 Å². The molecule has 8 heteroatoms. The third-order valence-electron chi connectivity index (χ3n) is 2.52. The normalized spacial score (nSPS) is 12.1. The Bertz CT molecular complexity index is 866. The van der Waals surface area contributed by atoms with Gasteiger partial charge in [-0.3, -0.25) is 14.9 Å². The number of nitro benzene ring substituents is 1. The number of thiazole rings is 1. The standard InChI is InChI=1S/C11H6N4O3S/c16-10-9(19-11-12-6-13-14(10)11)5-7-1-3-8(4-2-7)15(17)18/h1-6H. The number of hydrogen-bond acceptors (Lipinski definition) is 6. The lowest BCUT2D eigenvalue weighted by Gasteiger charge is -1.92. The molecular weight excluding hydrogens is 268 g/mol. The van der Waals surface area contributed by atoms with Crippen LogP contribution in [0.15, 0.2) is 35.4 Å². The lowest BCUT2D eigenvalue weighted by Crippen LogP contribution is -2.23. The molecule has 7 nitrogen and oxygen atoms in total. The first-order valence-corrected chi connectivity index (χ1v) is 6.05. The van der Waals surface area contributed by atoms with E-state index in [2.05, 4.69) is 10.1 Å². The average Bonchev–Trinajstić information content (AvgIpc) is 2.95. The number of non-ortho nitro benzene ring substituents is 1. The summed E-state index contributed by atoms with van der Waals surface area (Å²) in [7, 11) is 0. The van der Waals surface area contributed by atoms with Crippen molar-refractivity contribution in [3.8, 4) is 0 Å². The molecule has 2 heterocycles. The molecule has 94 valence electrons. The second kappa shape index (κ2) is 4.25. The molecule has 0 saturated heterocycles. The molecule has 0 amide bonds. The summed E-state index contributed by atoms with van der Waals surface area (Å²) in [6.07, 6.45) is 2.98. The molecule has 0 spiro atoms. The Morgan fingerprint density at radius 3 is 2.68 bits per heavy atom. The monoisotopic (exact) mass is 274 g/mol. The largest absolute Gasteiger partial charge is 0.291 e. The quantitative estimate of drug-likeness (QED) is 0.504. The molecule has 2 aromatic heterocycles. The van der Waals surface area contributed by atoms with E-state index in [1.165, 1.54) is 34.3 Å². The van der Waals surface area contributed by atoms with Gasteiger partial charge in [-0.05, 0) is 23.8 Å². The summed E-state index contributed by atoms with van der Waals surface area (Å²) in [5.41, 5.74) is 0.491. The van der Waals surface area contributed by atoms with Crippen molar-refractivity contribution in [1.29, 1.82) is 0 Å². The van der Waals surface area contributed by atoms with Gasteiger partial charge in [-0.25, -0.2) is 4.98 Å². The molecule has 0 bridgehead atoms. The molecule has 0 radical (unpaired) electrons. The van der Waals surface area contributed by atoms with Crippen LogP contribution in [0.3, 0.4) is 0 Å². The zero-order valence-corrected chi connectivity index (χ0v) is 10.2. The first-order valence-electron chi connectivity index (χ1n) is 5.24. The molecule has 3 rings (SSSR count). The van der Waals surface area contributed by atoms with Gasteiger partial charge in [0.05, 0.1) is 9.46 Å². The van der Waals surface area contributed by atoms with Gasteiger partial charge < -0.3 is 0 Å². The molecular formula is C11H6N4O3S. The SMILES string of the molecule is O=c1c(=Cc2ccc([N+](=O)[O-])cc2)sc2ncnn12. The van der Waals surface area contributed by atoms with E-state index in [1.54, 1.807) is 18.2 Å². The summed E-state index contributed by atoms with van der Waals surface area (Å²) in [6.45, 7) is 0. The zero-order valence-electron chi connectivity index (χ0n) is 9.39. The molecule has 0 aliphatic rings. The highest BCUT2D eigenvalue weighted by Gasteiger charge is 2.06. The van der Waals surface area contributed by atoms with Crippen LogP contribution in [0.5, 0.6) is 0 Å². The number of rotatable bonds is 2. The Hall–Kier alpha value is -2.61. The van der Waals surface area contributed by atoms with Gasteiger partial charge in [-0.1, -0.05) is 11.3 Å². The van der Waals surface area contributed by atoms with Crippen molar-refractivity contribution in [1.82, 2.24) is 14.6 Å². The molecule has 1 aromatic carbocycles. The van der Waals surface area contributed by atoms with Crippen molar-refractivity contribution in [3.05, 3.63) is 61.2 Å². The van der Waals surface area contributed by atoms with E-state index in [4.69, 9.17) is 0 Å². The van der Waals surface area contributed by atoms with Crippen LogP contribution < -0.4 is 10.1 Å². The van der Waals surface area contributed by atoms with E-state index in [0.29, 0.717) is 15.1 Å². The van der Waals surface area contributed by atoms with E-state index >= 15 is 0 Å². The van der Waals surface area contributed by atoms with Crippen LogP contribution >= 0.6 is 11.3 Å². The maximum Gasteiger partial charge on any atom is 0.291 e. The molecule has 0 aliphatic carbocycles. The van der Waals surface area contributed by atoms with Crippen molar-refractivity contribution >= 4 is 28.1 Å². The van der Waals surface area contributed by atoms with Crippen molar-refractivity contribution in [2.45, 2.75) is 0 Å². The fourth-order valence-corrected chi connectivity index (χ4v) is 2.50. The van der Waals surface area contributed by atoms with E-state index in [1.807, 2.05) is 0 Å². The Labute approximate surface area is 109 Å². The molecule has 0 saturated carbocycles. The number of benzene rings is 1. The Morgan fingerprint density at radius 2 is 2.05 bits per heavy atom. The molecule has 3 aromatic rings. The van der Waals surface area contributed by atoms with Crippen molar-refractivity contribution < 1.29 is 4.92 Å². The molecule has 0 atom stereocenters. The number of hydrogen-bond donors (Lipinski definition) is 0. The zero-order chi connectivity index (χ0) is 13.4. The number of fused-ring (bicyclic) bond motifs is 1. The van der Waals surface area contributed by atoms with Crippen LogP contribution in [0.25, 0.3) is 11.0 Å². The topological polar surface area (TPSA) is 90.4 Å². The highest BCUT2D eigenvalue weighted by molar-refractivity contribution is 7.15. The smallest absolute Gasteiger partial charge is 0.266 e. The van der Waals surface area contributed by atoms with E-state index in [0.717, 1.165) is 0 Å². The summed E-state index contributed by atoms with van der Waals surface area (Å²) in [4.78, 5) is 26.4. The third kappa shape index (κ3) is 1.97. The summed E-state index contributed by atoms with van der Waals surface area (Å²) in [5.74, 6) is 0. The van der Waals surface area contributed by atoms with Crippen LogP contribution in [-0.4, -0.2) is 19.5 Å². The van der Waals surface area contributed by atoms with Gasteiger partial charge in [0.15, 0.2) is 0 Å². The number of aromatic nitrogens is 3. The van der Waals surface area contributed by atoms with Gasteiger partial charge in [0.25, 0.3) is 11.2 Å². The summed E-state index contributed by atoms with van der Waals surface area (Å²) >= 11 is 1.22. The molecule has 0 N–H and O–H groups in total. The minimum atomic E-state index is -0.466. The summed E-state index contributed by atoms with van der Waals surface area (Å²) < 4.78 is 1.71. The third-order valence-corrected chi connectivity index (χ3v) is 3.50. The van der Waals surface area contributed by atoms with Gasteiger partial charge in [-0.2, -0.15) is 9.61 Å². The predicted molar refractivity (Wildman–Crippen MR) is 69.0 cm³/mol. The van der Waals surface area contributed by atoms with Gasteiger partial charge in [0.2, 0.25) is 4.96 Å². The second-order valence-electron chi connectivity index (χ2n) is 3.72. The minimum Gasteiger partial charge on any atom is -0.266 e. The number of nitrogens with zero attached hydrogens (tertiary/aromatic N) is 4. The van der Waals surface area contributed by atoms with E-state index in [-0.39, 0.29) is 11.2 Å². The van der Waals surface area contributed by atoms with Crippen LogP contribution in [0.2, 0.25) is 0 Å². The molecule has 0 aliphatic heterocycles. The van der Waals surface area contributed by atoms with Crippen LogP contribution in [0, 0.1) is 10.1 Å². The molecule has 0 fully saturated rings. The molecule has 19 heavy (non-hydrogen) atoms. The van der Waals surface area contributed by atoms with Gasteiger partial charge in [0.1, 0.15) is 6.33 Å². The van der Waals surface area contributed by atoms with Gasteiger partial charge in [0, 0.05) is 12.1 Å².